The number of nitrogens with zero attached hydrogens (tertiary/aromatic N) is 3. The molecule has 0 saturated heterocycles. The molecule has 1 aromatic heterocycles. The number of benzene rings is 1. The topological polar surface area (TPSA) is 52.6 Å². The zero-order chi connectivity index (χ0) is 18.8. The Morgan fingerprint density at radius 2 is 1.85 bits per heavy atom. The number of rotatable bonds is 9. The van der Waals surface area contributed by atoms with Gasteiger partial charge in [0.15, 0.2) is 5.96 Å². The summed E-state index contributed by atoms with van der Waals surface area (Å²) in [5.74, 6) is 0.811. The van der Waals surface area contributed by atoms with E-state index in [9.17, 15) is 0 Å². The molecule has 150 valence electrons. The van der Waals surface area contributed by atoms with Crippen molar-refractivity contribution in [2.45, 2.75) is 39.8 Å². The van der Waals surface area contributed by atoms with Crippen molar-refractivity contribution in [2.75, 3.05) is 26.7 Å². The largest absolute Gasteiger partial charge is 0.354 e. The van der Waals surface area contributed by atoms with Gasteiger partial charge in [0.2, 0.25) is 0 Å². The van der Waals surface area contributed by atoms with Gasteiger partial charge in [-0.15, -0.1) is 35.3 Å². The fraction of sp³-hybridized carbons (Fsp3) is 0.500. The number of aryl methyl sites for hydroxylation is 1. The standard InChI is InChI=1S/C20H31N5S.HI/c1-5-17-13-22-19(26-17)15-24-20(21-4)23-14-18(25(6-2)7-3)16-11-9-8-10-12-16;/h8-13,18H,5-7,14-15H2,1-4H3,(H2,21,23,24);1H. The number of likely N-dealkylation sites (N-methyl/N-ethyl adjacent to an activating group) is 1. The Morgan fingerprint density at radius 3 is 2.41 bits per heavy atom. The molecule has 0 fully saturated rings. The number of thiazole rings is 1. The molecule has 0 amide bonds. The van der Waals surface area contributed by atoms with Gasteiger partial charge in [0.05, 0.1) is 12.6 Å². The normalized spacial score (nSPS) is 12.6. The molecule has 0 aliphatic rings. The van der Waals surface area contributed by atoms with Crippen LogP contribution in [0.2, 0.25) is 0 Å². The van der Waals surface area contributed by atoms with Crippen LogP contribution in [0, 0.1) is 0 Å². The summed E-state index contributed by atoms with van der Waals surface area (Å²) in [6.07, 6.45) is 3.00. The Morgan fingerprint density at radius 1 is 1.15 bits per heavy atom. The van der Waals surface area contributed by atoms with Crippen molar-refractivity contribution in [3.8, 4) is 0 Å². The number of halogens is 1. The number of aromatic nitrogens is 1. The highest BCUT2D eigenvalue weighted by Gasteiger charge is 2.18. The molecule has 2 N–H and O–H groups in total. The predicted molar refractivity (Wildman–Crippen MR) is 127 cm³/mol. The average Bonchev–Trinajstić information content (AvgIpc) is 3.16. The second-order valence-electron chi connectivity index (χ2n) is 6.03. The van der Waals surface area contributed by atoms with E-state index in [0.29, 0.717) is 12.6 Å². The van der Waals surface area contributed by atoms with Gasteiger partial charge in [-0.25, -0.2) is 4.98 Å². The highest BCUT2D eigenvalue weighted by Crippen LogP contribution is 2.19. The zero-order valence-corrected chi connectivity index (χ0v) is 19.9. The van der Waals surface area contributed by atoms with Crippen LogP contribution in [0.4, 0.5) is 0 Å². The lowest BCUT2D eigenvalue weighted by Crippen LogP contribution is -2.43. The molecule has 1 heterocycles. The summed E-state index contributed by atoms with van der Waals surface area (Å²) in [6, 6.07) is 11.0. The van der Waals surface area contributed by atoms with Crippen LogP contribution in [0.25, 0.3) is 0 Å². The molecule has 0 aliphatic heterocycles. The summed E-state index contributed by atoms with van der Waals surface area (Å²) in [4.78, 5) is 12.6. The van der Waals surface area contributed by atoms with E-state index in [1.54, 1.807) is 11.3 Å². The molecule has 0 bridgehead atoms. The predicted octanol–water partition coefficient (Wildman–Crippen LogP) is 4.07. The van der Waals surface area contributed by atoms with Crippen LogP contribution >= 0.6 is 35.3 Å². The molecule has 0 radical (unpaired) electrons. The average molecular weight is 501 g/mol. The first-order valence-electron chi connectivity index (χ1n) is 9.38. The quantitative estimate of drug-likeness (QED) is 0.309. The Hall–Kier alpha value is -1.19. The number of guanidine groups is 1. The third kappa shape index (κ3) is 7.38. The molecule has 0 saturated carbocycles. The molecule has 0 aliphatic carbocycles. The Kier molecular flexibility index (Phi) is 11.5. The summed E-state index contributed by atoms with van der Waals surface area (Å²) in [5.41, 5.74) is 1.33. The third-order valence-electron chi connectivity index (χ3n) is 4.48. The lowest BCUT2D eigenvalue weighted by Gasteiger charge is -2.30. The smallest absolute Gasteiger partial charge is 0.191 e. The van der Waals surface area contributed by atoms with Crippen LogP contribution in [-0.2, 0) is 13.0 Å². The Bertz CT molecular complexity index is 670. The van der Waals surface area contributed by atoms with E-state index >= 15 is 0 Å². The summed E-state index contributed by atoms with van der Waals surface area (Å²) in [5, 5.41) is 7.95. The van der Waals surface area contributed by atoms with Gasteiger partial charge in [-0.05, 0) is 25.1 Å². The van der Waals surface area contributed by atoms with Crippen molar-refractivity contribution in [1.29, 1.82) is 0 Å². The Balaban J connectivity index is 0.00000364. The first-order valence-corrected chi connectivity index (χ1v) is 10.2. The molecule has 1 aromatic carbocycles. The summed E-state index contributed by atoms with van der Waals surface area (Å²) in [6.45, 7) is 10.1. The van der Waals surface area contributed by atoms with E-state index < -0.39 is 0 Å². The lowest BCUT2D eigenvalue weighted by molar-refractivity contribution is 0.219. The van der Waals surface area contributed by atoms with Crippen molar-refractivity contribution in [2.24, 2.45) is 4.99 Å². The molecular formula is C20H32IN5S. The first kappa shape index (κ1) is 23.8. The second-order valence-corrected chi connectivity index (χ2v) is 7.23. The van der Waals surface area contributed by atoms with Gasteiger partial charge in [-0.1, -0.05) is 51.1 Å². The van der Waals surface area contributed by atoms with Crippen molar-refractivity contribution >= 4 is 41.3 Å². The molecule has 7 heteroatoms. The van der Waals surface area contributed by atoms with E-state index in [1.165, 1.54) is 10.4 Å². The summed E-state index contributed by atoms with van der Waals surface area (Å²) in [7, 11) is 1.81. The van der Waals surface area contributed by atoms with Crippen LogP contribution in [0.1, 0.15) is 42.3 Å². The van der Waals surface area contributed by atoms with Gasteiger partial charge in [0, 0.05) is 24.7 Å². The maximum Gasteiger partial charge on any atom is 0.191 e. The van der Waals surface area contributed by atoms with Crippen molar-refractivity contribution in [3.05, 3.63) is 52.0 Å². The molecule has 1 atom stereocenters. The maximum absolute atomic E-state index is 4.46. The van der Waals surface area contributed by atoms with Crippen LogP contribution in [-0.4, -0.2) is 42.5 Å². The van der Waals surface area contributed by atoms with Gasteiger partial charge < -0.3 is 10.6 Å². The van der Waals surface area contributed by atoms with Gasteiger partial charge in [0.25, 0.3) is 0 Å². The minimum Gasteiger partial charge on any atom is -0.354 e. The maximum atomic E-state index is 4.46. The SMILES string of the molecule is CCc1cnc(CNC(=NC)NCC(c2ccccc2)N(CC)CC)s1.I. The van der Waals surface area contributed by atoms with E-state index in [1.807, 2.05) is 13.2 Å². The minimum absolute atomic E-state index is 0. The molecule has 2 rings (SSSR count). The van der Waals surface area contributed by atoms with Crippen LogP contribution < -0.4 is 10.6 Å². The van der Waals surface area contributed by atoms with Gasteiger partial charge in [0.1, 0.15) is 5.01 Å². The number of aliphatic imine (C=N–C) groups is 1. The van der Waals surface area contributed by atoms with Crippen molar-refractivity contribution < 1.29 is 0 Å². The van der Waals surface area contributed by atoms with Crippen LogP contribution in [0.3, 0.4) is 0 Å². The fourth-order valence-electron chi connectivity index (χ4n) is 2.96. The molecule has 0 spiro atoms. The van der Waals surface area contributed by atoms with Crippen molar-refractivity contribution in [1.82, 2.24) is 20.5 Å². The fourth-order valence-corrected chi connectivity index (χ4v) is 3.77. The molecule has 1 unspecified atom stereocenters. The van der Waals surface area contributed by atoms with E-state index in [4.69, 9.17) is 0 Å². The van der Waals surface area contributed by atoms with Gasteiger partial charge in [-0.2, -0.15) is 0 Å². The molecule has 5 nitrogen and oxygen atoms in total. The summed E-state index contributed by atoms with van der Waals surface area (Å²) < 4.78 is 0. The minimum atomic E-state index is 0. The monoisotopic (exact) mass is 501 g/mol. The van der Waals surface area contributed by atoms with Gasteiger partial charge in [-0.3, -0.25) is 9.89 Å². The van der Waals surface area contributed by atoms with Crippen LogP contribution in [0.5, 0.6) is 0 Å². The molecule has 27 heavy (non-hydrogen) atoms. The number of hydrogen-bond donors (Lipinski definition) is 2. The number of hydrogen-bond acceptors (Lipinski definition) is 4. The first-order chi connectivity index (χ1) is 12.7. The highest BCUT2D eigenvalue weighted by atomic mass is 127. The Labute approximate surface area is 184 Å². The van der Waals surface area contributed by atoms with Crippen LogP contribution in [0.15, 0.2) is 41.5 Å². The van der Waals surface area contributed by atoms with E-state index in [2.05, 4.69) is 76.6 Å². The van der Waals surface area contributed by atoms with E-state index in [-0.39, 0.29) is 24.0 Å². The van der Waals surface area contributed by atoms with Crippen molar-refractivity contribution in [3.63, 3.8) is 0 Å². The summed E-state index contributed by atoms with van der Waals surface area (Å²) >= 11 is 1.75. The highest BCUT2D eigenvalue weighted by molar-refractivity contribution is 14.0. The van der Waals surface area contributed by atoms with Gasteiger partial charge >= 0.3 is 0 Å². The molecular weight excluding hydrogens is 469 g/mol. The van der Waals surface area contributed by atoms with E-state index in [0.717, 1.165) is 37.0 Å². The number of nitrogens with one attached hydrogen (secondary N) is 2. The third-order valence-corrected chi connectivity index (χ3v) is 5.62. The second kappa shape index (κ2) is 13.1. The molecule has 2 aromatic rings. The zero-order valence-electron chi connectivity index (χ0n) is 16.7. The lowest BCUT2D eigenvalue weighted by atomic mass is 10.1.